The van der Waals surface area contributed by atoms with Crippen LogP contribution >= 0.6 is 11.3 Å². The van der Waals surface area contributed by atoms with E-state index in [4.69, 9.17) is 14.5 Å². The van der Waals surface area contributed by atoms with Gasteiger partial charge in [-0.1, -0.05) is 6.07 Å². The van der Waals surface area contributed by atoms with Crippen LogP contribution in [0.1, 0.15) is 36.0 Å². The molecule has 1 N–H and O–H groups in total. The molecule has 0 unspecified atom stereocenters. The molecule has 0 saturated carbocycles. The van der Waals surface area contributed by atoms with Gasteiger partial charge < -0.3 is 24.6 Å². The van der Waals surface area contributed by atoms with Crippen molar-refractivity contribution in [2.24, 2.45) is 4.99 Å². The molecular weight excluding hydrogens is 570 g/mol. The number of hydrogen-bond donors (Lipinski definition) is 1. The molecule has 5 rings (SSSR count). The first-order chi connectivity index (χ1) is 20.1. The van der Waals surface area contributed by atoms with E-state index in [0.717, 1.165) is 6.07 Å². The Hall–Kier alpha value is -3.91. The number of benzene rings is 1. The maximum atomic E-state index is 14.7. The molecule has 2 fully saturated rings. The number of carbonyl (C=O) groups is 3. The fourth-order valence-electron chi connectivity index (χ4n) is 5.78. The van der Waals surface area contributed by atoms with Crippen LogP contribution in [0.25, 0.3) is 0 Å². The summed E-state index contributed by atoms with van der Waals surface area (Å²) in [5.74, 6) is -2.95. The third-order valence-electron chi connectivity index (χ3n) is 7.93. The number of carbonyl (C=O) groups excluding carboxylic acids is 3. The number of urea groups is 1. The molecule has 0 radical (unpaired) electrons. The molecule has 0 spiro atoms. The number of methoxy groups -OCH3 is 2. The summed E-state index contributed by atoms with van der Waals surface area (Å²) in [5.41, 5.74) is 0.739. The molecule has 3 aliphatic heterocycles. The second kappa shape index (κ2) is 11.8. The molecule has 2 saturated heterocycles. The Kier molecular flexibility index (Phi) is 8.28. The molecule has 2 amide bonds. The standard InChI is InChI=1S/C28H32F2N6O5S/c1-14(2)36-13-19-23(27(38)41-5)34(9-10-35(19)28(36)39)12-18-20(26(37)40-4)22(16-6-7-17(29)21(30)15(16)3)33-24(32-18)25-31-8-11-42-25/h6-8,11,14,19,22-23H,9-10,12-13H2,1-5H3,(H,32,33)/t19-,22+,23+/m1/s1. The minimum absolute atomic E-state index is 0.00388. The topological polar surface area (TPSA) is 117 Å². The Balaban J connectivity index is 1.60. The average molecular weight is 603 g/mol. The van der Waals surface area contributed by atoms with Crippen LogP contribution in [0.3, 0.4) is 0 Å². The minimum Gasteiger partial charge on any atom is -0.468 e. The number of amides is 2. The maximum absolute atomic E-state index is 14.7. The number of ether oxygens (including phenoxy) is 2. The summed E-state index contributed by atoms with van der Waals surface area (Å²) >= 11 is 1.31. The van der Waals surface area contributed by atoms with Gasteiger partial charge in [0.1, 0.15) is 12.1 Å². The van der Waals surface area contributed by atoms with Gasteiger partial charge in [0.15, 0.2) is 22.5 Å². The van der Waals surface area contributed by atoms with Crippen LogP contribution in [0.5, 0.6) is 0 Å². The number of esters is 2. The van der Waals surface area contributed by atoms with Gasteiger partial charge in [-0.15, -0.1) is 11.3 Å². The lowest BCUT2D eigenvalue weighted by Crippen LogP contribution is -2.62. The Morgan fingerprint density at radius 2 is 1.95 bits per heavy atom. The van der Waals surface area contributed by atoms with Crippen LogP contribution in [-0.2, 0) is 19.1 Å². The molecule has 42 heavy (non-hydrogen) atoms. The summed E-state index contributed by atoms with van der Waals surface area (Å²) < 4.78 is 39.1. The molecule has 4 heterocycles. The first-order valence-corrected chi connectivity index (χ1v) is 14.3. The Bertz CT molecular complexity index is 1460. The highest BCUT2D eigenvalue weighted by molar-refractivity contribution is 7.11. The van der Waals surface area contributed by atoms with Crippen LogP contribution in [0.4, 0.5) is 13.6 Å². The Morgan fingerprint density at radius 1 is 1.19 bits per heavy atom. The molecule has 3 aliphatic rings. The van der Waals surface area contributed by atoms with Gasteiger partial charge in [-0.05, 0) is 38.0 Å². The van der Waals surface area contributed by atoms with E-state index >= 15 is 0 Å². The van der Waals surface area contributed by atoms with Crippen molar-refractivity contribution in [3.05, 3.63) is 62.7 Å². The van der Waals surface area contributed by atoms with E-state index in [1.165, 1.54) is 38.5 Å². The minimum atomic E-state index is -1.05. The second-order valence-electron chi connectivity index (χ2n) is 10.5. The molecule has 3 atom stereocenters. The summed E-state index contributed by atoms with van der Waals surface area (Å²) in [7, 11) is 2.52. The van der Waals surface area contributed by atoms with Crippen molar-refractivity contribution >= 4 is 35.1 Å². The Morgan fingerprint density at radius 3 is 2.60 bits per heavy atom. The van der Waals surface area contributed by atoms with Crippen molar-refractivity contribution in [1.29, 1.82) is 0 Å². The van der Waals surface area contributed by atoms with Crippen LogP contribution in [0, 0.1) is 18.6 Å². The van der Waals surface area contributed by atoms with Gasteiger partial charge in [0, 0.05) is 49.5 Å². The van der Waals surface area contributed by atoms with Crippen molar-refractivity contribution in [3.63, 3.8) is 0 Å². The highest BCUT2D eigenvalue weighted by Gasteiger charge is 2.50. The van der Waals surface area contributed by atoms with E-state index in [-0.39, 0.29) is 35.3 Å². The zero-order valence-corrected chi connectivity index (χ0v) is 24.7. The normalized spacial score (nSPS) is 22.7. The van der Waals surface area contributed by atoms with E-state index in [1.807, 2.05) is 18.7 Å². The lowest BCUT2D eigenvalue weighted by Gasteiger charge is -2.43. The number of fused-ring (bicyclic) bond motifs is 1. The number of hydrogen-bond acceptors (Lipinski definition) is 10. The average Bonchev–Trinajstić information content (AvgIpc) is 3.63. The molecule has 1 aromatic heterocycles. The van der Waals surface area contributed by atoms with Crippen LogP contribution in [-0.4, -0.2) is 102 Å². The highest BCUT2D eigenvalue weighted by atomic mass is 32.1. The number of amidine groups is 1. The van der Waals surface area contributed by atoms with Gasteiger partial charge in [-0.3, -0.25) is 14.7 Å². The highest BCUT2D eigenvalue weighted by Crippen LogP contribution is 2.37. The lowest BCUT2D eigenvalue weighted by atomic mass is 9.91. The predicted octanol–water partition coefficient (Wildman–Crippen LogP) is 2.62. The third-order valence-corrected chi connectivity index (χ3v) is 8.71. The molecule has 1 aromatic carbocycles. The molecule has 0 bridgehead atoms. The number of thiazole rings is 1. The van der Waals surface area contributed by atoms with Gasteiger partial charge in [-0.2, -0.15) is 0 Å². The summed E-state index contributed by atoms with van der Waals surface area (Å²) in [6.45, 7) is 6.32. The second-order valence-corrected chi connectivity index (χ2v) is 11.4. The smallest absolute Gasteiger partial charge is 0.338 e. The number of aliphatic imine (C=N–C) groups is 1. The van der Waals surface area contributed by atoms with Crippen molar-refractivity contribution in [3.8, 4) is 0 Å². The van der Waals surface area contributed by atoms with Crippen molar-refractivity contribution in [2.45, 2.75) is 44.9 Å². The van der Waals surface area contributed by atoms with Crippen LogP contribution in [0.2, 0.25) is 0 Å². The Labute approximate surface area is 245 Å². The molecule has 11 nitrogen and oxygen atoms in total. The lowest BCUT2D eigenvalue weighted by molar-refractivity contribution is -0.150. The zero-order valence-electron chi connectivity index (χ0n) is 23.9. The van der Waals surface area contributed by atoms with Gasteiger partial charge >= 0.3 is 18.0 Å². The number of piperazine rings is 1. The monoisotopic (exact) mass is 602 g/mol. The SMILES string of the molecule is COC(=O)C1=C(CN2CCN3C(=O)N(C(C)C)C[C@@H]3[C@H]2C(=O)OC)NC(c2nccs2)=N[C@H]1c1ccc(F)c(F)c1C. The van der Waals surface area contributed by atoms with E-state index in [0.29, 0.717) is 36.2 Å². The summed E-state index contributed by atoms with van der Waals surface area (Å²) in [5, 5.41) is 5.49. The van der Waals surface area contributed by atoms with Gasteiger partial charge in [-0.25, -0.2) is 23.4 Å². The van der Waals surface area contributed by atoms with Crippen molar-refractivity contribution < 1.29 is 32.6 Å². The van der Waals surface area contributed by atoms with E-state index in [9.17, 15) is 23.2 Å². The van der Waals surface area contributed by atoms with Gasteiger partial charge in [0.2, 0.25) is 0 Å². The van der Waals surface area contributed by atoms with E-state index in [1.54, 1.807) is 21.4 Å². The first kappa shape index (κ1) is 29.6. The largest absolute Gasteiger partial charge is 0.468 e. The van der Waals surface area contributed by atoms with Crippen molar-refractivity contribution in [2.75, 3.05) is 40.4 Å². The van der Waals surface area contributed by atoms with E-state index in [2.05, 4.69) is 10.3 Å². The van der Waals surface area contributed by atoms with E-state index < -0.39 is 41.7 Å². The predicted molar refractivity (Wildman–Crippen MR) is 150 cm³/mol. The van der Waals surface area contributed by atoms with Crippen LogP contribution in [0.15, 0.2) is 40.0 Å². The third kappa shape index (κ3) is 5.13. The number of aromatic nitrogens is 1. The summed E-state index contributed by atoms with van der Waals surface area (Å²) in [6.07, 6.45) is 1.60. The molecule has 2 aromatic rings. The van der Waals surface area contributed by atoms with Crippen LogP contribution < -0.4 is 5.32 Å². The van der Waals surface area contributed by atoms with Crippen molar-refractivity contribution in [1.82, 2.24) is 25.0 Å². The summed E-state index contributed by atoms with van der Waals surface area (Å²) in [4.78, 5) is 54.0. The summed E-state index contributed by atoms with van der Waals surface area (Å²) in [6, 6.07) is -0.143. The fraction of sp³-hybridized carbons (Fsp3) is 0.464. The van der Waals surface area contributed by atoms with Gasteiger partial charge in [0.05, 0.1) is 25.8 Å². The zero-order chi connectivity index (χ0) is 30.3. The molecule has 224 valence electrons. The first-order valence-electron chi connectivity index (χ1n) is 13.5. The number of nitrogens with zero attached hydrogens (tertiary/aromatic N) is 5. The number of nitrogens with one attached hydrogen (secondary N) is 1. The maximum Gasteiger partial charge on any atom is 0.338 e. The quantitative estimate of drug-likeness (QED) is 0.481. The number of halogens is 2. The number of rotatable bonds is 7. The fourth-order valence-corrected chi connectivity index (χ4v) is 6.37. The van der Waals surface area contributed by atoms with Gasteiger partial charge in [0.25, 0.3) is 0 Å². The molecule has 14 heteroatoms. The molecule has 0 aliphatic carbocycles. The molecular formula is C28H32F2N6O5S.